The van der Waals surface area contributed by atoms with E-state index in [1.807, 2.05) is 19.2 Å². The van der Waals surface area contributed by atoms with E-state index in [1.165, 1.54) is 16.5 Å². The van der Waals surface area contributed by atoms with Crippen LogP contribution in [0.5, 0.6) is 0 Å². The maximum Gasteiger partial charge on any atom is 0.223 e. The number of para-hydroxylation sites is 1. The number of thiophene rings is 1. The second-order valence-corrected chi connectivity index (χ2v) is 10.4. The van der Waals surface area contributed by atoms with Crippen LogP contribution in [0.25, 0.3) is 31.3 Å². The molecule has 0 bridgehead atoms. The van der Waals surface area contributed by atoms with Gasteiger partial charge in [-0.05, 0) is 56.4 Å². The Balaban J connectivity index is 1.11. The number of fused-ring (bicyclic) bond motifs is 4. The first kappa shape index (κ1) is 22.0. The molecule has 7 nitrogen and oxygen atoms in total. The van der Waals surface area contributed by atoms with Crippen molar-refractivity contribution in [3.05, 3.63) is 59.7 Å². The number of hydrogen-bond acceptors (Lipinski definition) is 6. The number of amides is 1. The number of piperidine rings is 1. The number of carbonyl (C=O) groups is 1. The van der Waals surface area contributed by atoms with Crippen molar-refractivity contribution in [1.82, 2.24) is 25.3 Å². The van der Waals surface area contributed by atoms with Crippen molar-refractivity contribution < 1.29 is 4.79 Å². The maximum atomic E-state index is 12.9. The molecule has 1 amide bonds. The lowest BCUT2D eigenvalue weighted by Gasteiger charge is -2.32. The molecule has 6 rings (SSSR count). The minimum atomic E-state index is 0.0421. The fraction of sp³-hybridized carbons (Fsp3) is 0.333. The average Bonchev–Trinajstić information content (AvgIpc) is 3.45. The molecule has 1 aromatic carbocycles. The number of aromatic nitrogens is 4. The average molecular weight is 485 g/mol. The standard InChI is InChI=1S/C27H28N6OS/c1-16-13-17(2)32-27-22(16)23-24(35-27)25(31-15-30-23)33-11-8-18(9-12-33)26(34)28-10-7-19-14-29-21-6-4-3-5-20(19)21/h3-6,13-15,18,29H,7-12H2,1-2H3,(H,28,34). The molecule has 0 atom stereocenters. The lowest BCUT2D eigenvalue weighted by Crippen LogP contribution is -2.41. The molecule has 0 aliphatic carbocycles. The number of pyridine rings is 1. The van der Waals surface area contributed by atoms with Crippen LogP contribution in [0.1, 0.15) is 29.7 Å². The van der Waals surface area contributed by atoms with Gasteiger partial charge in [0.2, 0.25) is 5.91 Å². The van der Waals surface area contributed by atoms with Gasteiger partial charge in [-0.2, -0.15) is 0 Å². The van der Waals surface area contributed by atoms with Gasteiger partial charge in [0.25, 0.3) is 0 Å². The highest BCUT2D eigenvalue weighted by atomic mass is 32.1. The van der Waals surface area contributed by atoms with Gasteiger partial charge < -0.3 is 15.2 Å². The van der Waals surface area contributed by atoms with Crippen molar-refractivity contribution in [3.8, 4) is 0 Å². The van der Waals surface area contributed by atoms with Crippen molar-refractivity contribution >= 4 is 54.4 Å². The number of nitrogens with one attached hydrogen (secondary N) is 2. The normalized spacial score (nSPS) is 14.9. The fourth-order valence-electron chi connectivity index (χ4n) is 5.28. The highest BCUT2D eigenvalue weighted by molar-refractivity contribution is 7.26. The van der Waals surface area contributed by atoms with E-state index >= 15 is 0 Å². The number of aromatic amines is 1. The summed E-state index contributed by atoms with van der Waals surface area (Å²) in [6.45, 7) is 6.42. The Morgan fingerprint density at radius 2 is 2.03 bits per heavy atom. The molecule has 2 N–H and O–H groups in total. The zero-order chi connectivity index (χ0) is 23.9. The molecule has 4 aromatic heterocycles. The molecule has 1 fully saturated rings. The van der Waals surface area contributed by atoms with E-state index in [-0.39, 0.29) is 11.8 Å². The van der Waals surface area contributed by atoms with Crippen molar-refractivity contribution in [2.45, 2.75) is 33.1 Å². The smallest absolute Gasteiger partial charge is 0.223 e. The number of carbonyl (C=O) groups excluding carboxylic acids is 1. The number of rotatable bonds is 5. The van der Waals surface area contributed by atoms with Crippen LogP contribution in [-0.4, -0.2) is 45.5 Å². The number of benzene rings is 1. The highest BCUT2D eigenvalue weighted by Gasteiger charge is 2.27. The molecular weight excluding hydrogens is 456 g/mol. The molecule has 8 heteroatoms. The topological polar surface area (TPSA) is 86.8 Å². The molecule has 1 saturated heterocycles. The van der Waals surface area contributed by atoms with Crippen LogP contribution in [0, 0.1) is 19.8 Å². The van der Waals surface area contributed by atoms with Gasteiger partial charge in [0.15, 0.2) is 0 Å². The van der Waals surface area contributed by atoms with Crippen molar-refractivity contribution in [3.63, 3.8) is 0 Å². The Kier molecular flexibility index (Phi) is 5.60. The largest absolute Gasteiger partial charge is 0.361 e. The van der Waals surface area contributed by atoms with Crippen LogP contribution < -0.4 is 10.2 Å². The Morgan fingerprint density at radius 3 is 2.89 bits per heavy atom. The molecule has 5 aromatic rings. The predicted octanol–water partition coefficient (Wildman–Crippen LogP) is 4.91. The molecule has 1 aliphatic rings. The molecule has 0 unspecified atom stereocenters. The molecule has 1 aliphatic heterocycles. The first-order chi connectivity index (χ1) is 17.1. The molecule has 0 spiro atoms. The van der Waals surface area contributed by atoms with Crippen molar-refractivity contribution in [2.75, 3.05) is 24.5 Å². The summed E-state index contributed by atoms with van der Waals surface area (Å²) in [6.07, 6.45) is 6.18. The first-order valence-corrected chi connectivity index (χ1v) is 13.0. The number of nitrogens with zero attached hydrogens (tertiary/aromatic N) is 4. The Morgan fingerprint density at radius 1 is 1.20 bits per heavy atom. The van der Waals surface area contributed by atoms with E-state index in [4.69, 9.17) is 4.98 Å². The van der Waals surface area contributed by atoms with Crippen LogP contribution >= 0.6 is 11.3 Å². The van der Waals surface area contributed by atoms with Crippen molar-refractivity contribution in [1.29, 1.82) is 0 Å². The van der Waals surface area contributed by atoms with E-state index in [0.29, 0.717) is 6.54 Å². The summed E-state index contributed by atoms with van der Waals surface area (Å²) < 4.78 is 1.09. The van der Waals surface area contributed by atoms with Gasteiger partial charge in [-0.3, -0.25) is 4.79 Å². The van der Waals surface area contributed by atoms with Gasteiger partial charge >= 0.3 is 0 Å². The van der Waals surface area contributed by atoms with Gasteiger partial charge in [-0.1, -0.05) is 18.2 Å². The number of H-pyrrole nitrogens is 1. The molecule has 5 heterocycles. The van der Waals surface area contributed by atoms with Crippen LogP contribution in [0.3, 0.4) is 0 Å². The summed E-state index contributed by atoms with van der Waals surface area (Å²) in [5, 5.41) is 5.52. The van der Waals surface area contributed by atoms with E-state index in [2.05, 4.69) is 56.4 Å². The zero-order valence-corrected chi connectivity index (χ0v) is 20.8. The van der Waals surface area contributed by atoms with Gasteiger partial charge in [0, 0.05) is 53.7 Å². The van der Waals surface area contributed by atoms with Crippen molar-refractivity contribution in [2.24, 2.45) is 5.92 Å². The van der Waals surface area contributed by atoms with Gasteiger partial charge in [-0.25, -0.2) is 15.0 Å². The summed E-state index contributed by atoms with van der Waals surface area (Å²) in [5.41, 5.74) is 5.59. The summed E-state index contributed by atoms with van der Waals surface area (Å²) in [7, 11) is 0. The van der Waals surface area contributed by atoms with Crippen LogP contribution in [0.4, 0.5) is 5.82 Å². The van der Waals surface area contributed by atoms with E-state index in [0.717, 1.165) is 69.8 Å². The molecular formula is C27H28N6OS. The SMILES string of the molecule is Cc1cc(C)c2c(n1)sc1c(N3CCC(C(=O)NCCc4c[nH]c5ccccc45)CC3)ncnc12. The molecule has 178 valence electrons. The third-order valence-electron chi connectivity index (χ3n) is 7.07. The number of anilines is 1. The first-order valence-electron chi connectivity index (χ1n) is 12.2. The summed E-state index contributed by atoms with van der Waals surface area (Å²) in [6, 6.07) is 10.4. The monoisotopic (exact) mass is 484 g/mol. The molecule has 35 heavy (non-hydrogen) atoms. The van der Waals surface area contributed by atoms with Crippen LogP contribution in [-0.2, 0) is 11.2 Å². The maximum absolute atomic E-state index is 12.9. The second kappa shape index (κ2) is 8.92. The Labute approximate surface area is 207 Å². The highest BCUT2D eigenvalue weighted by Crippen LogP contribution is 2.38. The summed E-state index contributed by atoms with van der Waals surface area (Å²) in [4.78, 5) is 33.5. The van der Waals surface area contributed by atoms with Gasteiger partial charge in [0.1, 0.15) is 17.0 Å². The van der Waals surface area contributed by atoms with Gasteiger partial charge in [-0.15, -0.1) is 11.3 Å². The van der Waals surface area contributed by atoms with E-state index in [9.17, 15) is 4.79 Å². The number of hydrogen-bond donors (Lipinski definition) is 2. The summed E-state index contributed by atoms with van der Waals surface area (Å²) >= 11 is 1.67. The Bertz CT molecular complexity index is 1550. The Hall–Kier alpha value is -3.52. The van der Waals surface area contributed by atoms with Crippen LogP contribution in [0.2, 0.25) is 0 Å². The lowest BCUT2D eigenvalue weighted by molar-refractivity contribution is -0.125. The minimum Gasteiger partial charge on any atom is -0.361 e. The quantitative estimate of drug-likeness (QED) is 0.370. The van der Waals surface area contributed by atoms with E-state index < -0.39 is 0 Å². The predicted molar refractivity (Wildman–Crippen MR) is 142 cm³/mol. The van der Waals surface area contributed by atoms with Crippen LogP contribution in [0.15, 0.2) is 42.9 Å². The third-order valence-corrected chi connectivity index (χ3v) is 8.13. The molecule has 0 saturated carbocycles. The van der Waals surface area contributed by atoms with Gasteiger partial charge in [0.05, 0.1) is 10.2 Å². The third kappa shape index (κ3) is 4.01. The molecule has 0 radical (unpaired) electrons. The second-order valence-electron chi connectivity index (χ2n) is 9.40. The number of aryl methyl sites for hydroxylation is 2. The van der Waals surface area contributed by atoms with E-state index in [1.54, 1.807) is 17.7 Å². The zero-order valence-electron chi connectivity index (χ0n) is 20.0. The minimum absolute atomic E-state index is 0.0421. The lowest BCUT2D eigenvalue weighted by atomic mass is 9.95. The summed E-state index contributed by atoms with van der Waals surface area (Å²) in [5.74, 6) is 1.17. The fourth-order valence-corrected chi connectivity index (χ4v) is 6.55.